The van der Waals surface area contributed by atoms with Gasteiger partial charge in [-0.1, -0.05) is 13.8 Å². The predicted molar refractivity (Wildman–Crippen MR) is 75.2 cm³/mol. The van der Waals surface area contributed by atoms with E-state index in [1.165, 1.54) is 12.8 Å². The Kier molecular flexibility index (Phi) is 4.17. The van der Waals surface area contributed by atoms with E-state index in [2.05, 4.69) is 23.7 Å². The molecule has 1 saturated heterocycles. The molecular formula is C14H22N2OS. The first-order valence-corrected chi connectivity index (χ1v) is 7.54. The molecule has 1 fully saturated rings. The van der Waals surface area contributed by atoms with Gasteiger partial charge in [-0.05, 0) is 38.8 Å². The first-order valence-electron chi connectivity index (χ1n) is 6.73. The van der Waals surface area contributed by atoms with E-state index < -0.39 is 0 Å². The van der Waals surface area contributed by atoms with Crippen molar-refractivity contribution in [2.75, 3.05) is 13.1 Å². The molecule has 4 heteroatoms. The topological polar surface area (TPSA) is 33.2 Å². The molecule has 18 heavy (non-hydrogen) atoms. The van der Waals surface area contributed by atoms with Crippen LogP contribution in [0.25, 0.3) is 0 Å². The van der Waals surface area contributed by atoms with E-state index in [0.717, 1.165) is 28.7 Å². The van der Waals surface area contributed by atoms with Crippen LogP contribution in [-0.4, -0.2) is 28.8 Å². The lowest BCUT2D eigenvalue weighted by atomic mass is 10.0. The number of carbonyl (C=O) groups is 1. The number of thiazole rings is 1. The molecule has 100 valence electrons. The molecule has 1 unspecified atom stereocenters. The fourth-order valence-electron chi connectivity index (χ4n) is 2.75. The van der Waals surface area contributed by atoms with Crippen LogP contribution >= 0.6 is 11.3 Å². The summed E-state index contributed by atoms with van der Waals surface area (Å²) in [6.45, 7) is 10.4. The van der Waals surface area contributed by atoms with Gasteiger partial charge in [0.05, 0.1) is 16.6 Å². The number of carbonyl (C=O) groups excluding carboxylic acids is 1. The van der Waals surface area contributed by atoms with Crippen molar-refractivity contribution < 1.29 is 4.79 Å². The van der Waals surface area contributed by atoms with Gasteiger partial charge in [0.25, 0.3) is 0 Å². The van der Waals surface area contributed by atoms with Gasteiger partial charge in [-0.2, -0.15) is 0 Å². The predicted octanol–water partition coefficient (Wildman–Crippen LogP) is 3.45. The maximum absolute atomic E-state index is 11.6. The van der Waals surface area contributed by atoms with Crippen LogP contribution in [0.15, 0.2) is 0 Å². The van der Waals surface area contributed by atoms with Gasteiger partial charge >= 0.3 is 0 Å². The van der Waals surface area contributed by atoms with E-state index in [1.807, 2.05) is 6.92 Å². The maximum atomic E-state index is 11.6. The molecule has 0 N–H and O–H groups in total. The number of hydrogen-bond donors (Lipinski definition) is 0. The van der Waals surface area contributed by atoms with Crippen LogP contribution in [0.3, 0.4) is 0 Å². The fourth-order valence-corrected chi connectivity index (χ4v) is 4.02. The highest BCUT2D eigenvalue weighted by Gasteiger charge is 2.29. The summed E-state index contributed by atoms with van der Waals surface area (Å²) in [4.78, 5) is 19.6. The quantitative estimate of drug-likeness (QED) is 0.783. The largest absolute Gasteiger partial charge is 0.294 e. The SMILES string of the molecule is CC(=O)c1sc(C(C(C)C)N2CCCC2)nc1C. The zero-order valence-corrected chi connectivity index (χ0v) is 12.5. The Labute approximate surface area is 113 Å². The van der Waals surface area contributed by atoms with Crippen molar-refractivity contribution in [3.05, 3.63) is 15.6 Å². The third-order valence-electron chi connectivity index (χ3n) is 3.55. The first kappa shape index (κ1) is 13.7. The standard InChI is InChI=1S/C14H22N2OS/c1-9(2)12(16-7-5-6-8-16)14-15-10(3)13(18-14)11(4)17/h9,12H,5-8H2,1-4H3. The molecule has 0 radical (unpaired) electrons. The lowest BCUT2D eigenvalue weighted by Crippen LogP contribution is -2.29. The van der Waals surface area contributed by atoms with E-state index in [-0.39, 0.29) is 5.78 Å². The maximum Gasteiger partial charge on any atom is 0.171 e. The van der Waals surface area contributed by atoms with E-state index >= 15 is 0 Å². The molecule has 1 aromatic rings. The van der Waals surface area contributed by atoms with Gasteiger partial charge in [-0.3, -0.25) is 9.69 Å². The zero-order valence-electron chi connectivity index (χ0n) is 11.7. The molecule has 2 heterocycles. The average Bonchev–Trinajstić information content (AvgIpc) is 2.88. The Bertz CT molecular complexity index is 433. The Morgan fingerprint density at radius 2 is 1.94 bits per heavy atom. The smallest absolute Gasteiger partial charge is 0.171 e. The summed E-state index contributed by atoms with van der Waals surface area (Å²) in [5.74, 6) is 0.675. The van der Waals surface area contributed by atoms with Gasteiger partial charge in [0.1, 0.15) is 5.01 Å². The van der Waals surface area contributed by atoms with Crippen molar-refractivity contribution >= 4 is 17.1 Å². The lowest BCUT2D eigenvalue weighted by molar-refractivity contribution is 0.102. The van der Waals surface area contributed by atoms with Crippen LogP contribution in [0.5, 0.6) is 0 Å². The summed E-state index contributed by atoms with van der Waals surface area (Å²) < 4.78 is 0. The Hall–Kier alpha value is -0.740. The molecule has 0 saturated carbocycles. The monoisotopic (exact) mass is 266 g/mol. The van der Waals surface area contributed by atoms with Gasteiger partial charge in [-0.15, -0.1) is 11.3 Å². The second-order valence-electron chi connectivity index (χ2n) is 5.45. The first-order chi connectivity index (χ1) is 8.50. The third kappa shape index (κ3) is 2.64. The highest BCUT2D eigenvalue weighted by Crippen LogP contribution is 2.35. The number of ketones is 1. The molecule has 0 aromatic carbocycles. The van der Waals surface area contributed by atoms with Gasteiger partial charge in [0, 0.05) is 6.92 Å². The van der Waals surface area contributed by atoms with Crippen molar-refractivity contribution in [2.45, 2.75) is 46.6 Å². The lowest BCUT2D eigenvalue weighted by Gasteiger charge is -2.28. The van der Waals surface area contributed by atoms with E-state index in [1.54, 1.807) is 18.3 Å². The average molecular weight is 266 g/mol. The normalized spacial score (nSPS) is 18.5. The summed E-state index contributed by atoms with van der Waals surface area (Å²) >= 11 is 1.59. The fraction of sp³-hybridized carbons (Fsp3) is 0.714. The van der Waals surface area contributed by atoms with Crippen LogP contribution in [0.1, 0.15) is 60.0 Å². The van der Waals surface area contributed by atoms with Crippen molar-refractivity contribution in [3.63, 3.8) is 0 Å². The third-order valence-corrected chi connectivity index (χ3v) is 4.88. The van der Waals surface area contributed by atoms with Crippen LogP contribution < -0.4 is 0 Å². The van der Waals surface area contributed by atoms with Crippen molar-refractivity contribution in [1.29, 1.82) is 0 Å². The molecule has 3 nitrogen and oxygen atoms in total. The summed E-state index contributed by atoms with van der Waals surface area (Å²) in [6, 6.07) is 0.379. The van der Waals surface area contributed by atoms with Crippen molar-refractivity contribution in [3.8, 4) is 0 Å². The number of likely N-dealkylation sites (tertiary alicyclic amines) is 1. The number of hydrogen-bond acceptors (Lipinski definition) is 4. The van der Waals surface area contributed by atoms with E-state index in [9.17, 15) is 4.79 Å². The summed E-state index contributed by atoms with van der Waals surface area (Å²) in [5, 5.41) is 1.12. The van der Waals surface area contributed by atoms with Gasteiger partial charge in [0.15, 0.2) is 5.78 Å². The van der Waals surface area contributed by atoms with Gasteiger partial charge in [-0.25, -0.2) is 4.98 Å². The Morgan fingerprint density at radius 1 is 1.33 bits per heavy atom. The number of aryl methyl sites for hydroxylation is 1. The van der Waals surface area contributed by atoms with Gasteiger partial charge in [0.2, 0.25) is 0 Å². The second kappa shape index (κ2) is 5.49. The molecule has 1 atom stereocenters. The second-order valence-corrected chi connectivity index (χ2v) is 6.49. The summed E-state index contributed by atoms with van der Waals surface area (Å²) in [5.41, 5.74) is 0.896. The number of aromatic nitrogens is 1. The molecule has 1 aliphatic heterocycles. The molecular weight excluding hydrogens is 244 g/mol. The Balaban J connectivity index is 2.30. The highest BCUT2D eigenvalue weighted by molar-refractivity contribution is 7.13. The molecule has 1 aliphatic rings. The molecule has 0 aliphatic carbocycles. The van der Waals surface area contributed by atoms with Crippen molar-refractivity contribution in [1.82, 2.24) is 9.88 Å². The Morgan fingerprint density at radius 3 is 2.39 bits per heavy atom. The molecule has 0 bridgehead atoms. The highest BCUT2D eigenvalue weighted by atomic mass is 32.1. The van der Waals surface area contributed by atoms with Crippen LogP contribution in [0, 0.1) is 12.8 Å². The molecule has 0 amide bonds. The minimum absolute atomic E-state index is 0.139. The van der Waals surface area contributed by atoms with Gasteiger partial charge < -0.3 is 0 Å². The summed E-state index contributed by atoms with van der Waals surface area (Å²) in [6.07, 6.45) is 2.57. The van der Waals surface area contributed by atoms with E-state index in [0.29, 0.717) is 12.0 Å². The van der Waals surface area contributed by atoms with Crippen LogP contribution in [-0.2, 0) is 0 Å². The zero-order chi connectivity index (χ0) is 13.3. The minimum atomic E-state index is 0.139. The van der Waals surface area contributed by atoms with E-state index in [4.69, 9.17) is 0 Å². The number of rotatable bonds is 4. The molecule has 1 aromatic heterocycles. The minimum Gasteiger partial charge on any atom is -0.294 e. The number of nitrogens with zero attached hydrogens (tertiary/aromatic N) is 2. The van der Waals surface area contributed by atoms with Crippen LogP contribution in [0.2, 0.25) is 0 Å². The number of Topliss-reactive ketones (excluding diaryl/α,β-unsaturated/α-hetero) is 1. The van der Waals surface area contributed by atoms with Crippen molar-refractivity contribution in [2.24, 2.45) is 5.92 Å². The van der Waals surface area contributed by atoms with Crippen LogP contribution in [0.4, 0.5) is 0 Å². The molecule has 0 spiro atoms. The molecule has 2 rings (SSSR count). The summed E-state index contributed by atoms with van der Waals surface area (Å²) in [7, 11) is 0.